The molecule has 1 N–H and O–H groups in total. The van der Waals surface area contributed by atoms with Gasteiger partial charge in [0.15, 0.2) is 0 Å². The maximum absolute atomic E-state index is 11.7. The molecule has 7 nitrogen and oxygen atoms in total. The van der Waals surface area contributed by atoms with Crippen LogP contribution in [0.3, 0.4) is 0 Å². The highest BCUT2D eigenvalue weighted by Crippen LogP contribution is 2.22. The van der Waals surface area contributed by atoms with Gasteiger partial charge in [0.1, 0.15) is 0 Å². The molecule has 0 aromatic carbocycles. The van der Waals surface area contributed by atoms with Gasteiger partial charge in [-0.05, 0) is 32.6 Å². The zero-order chi connectivity index (χ0) is 16.2. The predicted molar refractivity (Wildman–Crippen MR) is 84.2 cm³/mol. The van der Waals surface area contributed by atoms with Gasteiger partial charge in [0, 0.05) is 32.7 Å². The first-order valence-electron chi connectivity index (χ1n) is 8.03. The smallest absolute Gasteiger partial charge is 0.317 e. The van der Waals surface area contributed by atoms with Gasteiger partial charge in [-0.3, -0.25) is 0 Å². The maximum atomic E-state index is 11.7. The molecule has 0 aromatic rings. The normalized spacial score (nSPS) is 22.7. The lowest BCUT2D eigenvalue weighted by Crippen LogP contribution is -2.47. The molecule has 0 spiro atoms. The van der Waals surface area contributed by atoms with E-state index in [2.05, 4.69) is 5.32 Å². The molecule has 2 saturated heterocycles. The number of rotatable bonds is 4. The molecule has 2 aliphatic heterocycles. The number of hydrogen-bond donors (Lipinski definition) is 1. The van der Waals surface area contributed by atoms with E-state index in [-0.39, 0.29) is 18.2 Å². The topological polar surface area (TPSA) is 79.0 Å². The lowest BCUT2D eigenvalue weighted by atomic mass is 10.1. The van der Waals surface area contributed by atoms with Crippen molar-refractivity contribution >= 4 is 16.1 Å². The molecule has 0 aromatic heterocycles. The first-order valence-corrected chi connectivity index (χ1v) is 9.88. The van der Waals surface area contributed by atoms with Crippen LogP contribution in [0.25, 0.3) is 0 Å². The summed E-state index contributed by atoms with van der Waals surface area (Å²) in [5.74, 6) is 0. The Hall–Kier alpha value is -0.860. The average Bonchev–Trinajstić information content (AvgIpc) is 2.48. The van der Waals surface area contributed by atoms with Gasteiger partial charge < -0.3 is 15.0 Å². The van der Waals surface area contributed by atoms with Gasteiger partial charge in [-0.1, -0.05) is 0 Å². The van der Waals surface area contributed by atoms with Gasteiger partial charge in [0.05, 0.1) is 18.5 Å². The van der Waals surface area contributed by atoms with E-state index in [1.165, 1.54) is 10.6 Å². The Morgan fingerprint density at radius 3 is 2.05 bits per heavy atom. The highest BCUT2D eigenvalue weighted by Gasteiger charge is 2.29. The van der Waals surface area contributed by atoms with Crippen molar-refractivity contribution in [3.05, 3.63) is 0 Å². The van der Waals surface area contributed by atoms with Crippen LogP contribution in [0.1, 0.15) is 32.6 Å². The molecule has 2 rings (SSSR count). The van der Waals surface area contributed by atoms with Crippen LogP contribution < -0.4 is 5.32 Å². The summed E-state index contributed by atoms with van der Waals surface area (Å²) in [6.07, 6.45) is 4.78. The molecule has 2 heterocycles. The summed E-state index contributed by atoms with van der Waals surface area (Å²) in [6.45, 7) is 5.09. The van der Waals surface area contributed by atoms with Gasteiger partial charge >= 0.3 is 6.03 Å². The van der Waals surface area contributed by atoms with E-state index in [4.69, 9.17) is 4.74 Å². The molecule has 0 bridgehead atoms. The quantitative estimate of drug-likeness (QED) is 0.818. The number of nitrogens with one attached hydrogen (secondary N) is 1. The minimum atomic E-state index is -3.08. The summed E-state index contributed by atoms with van der Waals surface area (Å²) < 4.78 is 30.6. The molecular formula is C14H27N3O4S. The number of likely N-dealkylation sites (tertiary alicyclic amines) is 1. The summed E-state index contributed by atoms with van der Waals surface area (Å²) >= 11 is 0. The van der Waals surface area contributed by atoms with Crippen LogP contribution in [0.5, 0.6) is 0 Å². The third kappa shape index (κ3) is 4.82. The molecular weight excluding hydrogens is 306 g/mol. The second-order valence-electron chi connectivity index (χ2n) is 6.02. The van der Waals surface area contributed by atoms with Gasteiger partial charge in [-0.15, -0.1) is 0 Å². The molecule has 2 aliphatic rings. The second kappa shape index (κ2) is 7.61. The Balaban J connectivity index is 1.70. The number of urea groups is 1. The highest BCUT2D eigenvalue weighted by molar-refractivity contribution is 7.88. The standard InChI is InChI=1S/C14H27N3O4S/c1-3-15-14(18)16-8-4-12(5-9-16)21-13-6-10-17(11-7-13)22(2,19)20/h12-13H,3-11H2,1-2H3,(H,15,18). The molecule has 2 fully saturated rings. The summed E-state index contributed by atoms with van der Waals surface area (Å²) in [4.78, 5) is 13.6. The molecule has 0 atom stereocenters. The summed E-state index contributed by atoms with van der Waals surface area (Å²) in [7, 11) is -3.08. The highest BCUT2D eigenvalue weighted by atomic mass is 32.2. The molecule has 0 radical (unpaired) electrons. The molecule has 8 heteroatoms. The number of piperidine rings is 2. The van der Waals surface area contributed by atoms with Crippen molar-refractivity contribution in [3.8, 4) is 0 Å². The van der Waals surface area contributed by atoms with Crippen molar-refractivity contribution in [2.75, 3.05) is 39.0 Å². The Morgan fingerprint density at radius 1 is 1.09 bits per heavy atom. The monoisotopic (exact) mass is 333 g/mol. The Bertz CT molecular complexity index is 466. The molecule has 22 heavy (non-hydrogen) atoms. The molecule has 2 amide bonds. The second-order valence-corrected chi connectivity index (χ2v) is 8.00. The first kappa shape index (κ1) is 17.5. The van der Waals surface area contributed by atoms with Crippen molar-refractivity contribution in [2.45, 2.75) is 44.8 Å². The van der Waals surface area contributed by atoms with Crippen LogP contribution in [0.4, 0.5) is 4.79 Å². The first-order chi connectivity index (χ1) is 10.4. The van der Waals surface area contributed by atoms with Crippen molar-refractivity contribution < 1.29 is 17.9 Å². The van der Waals surface area contributed by atoms with E-state index < -0.39 is 10.0 Å². The van der Waals surface area contributed by atoms with Crippen LogP contribution in [-0.2, 0) is 14.8 Å². The largest absolute Gasteiger partial charge is 0.375 e. The van der Waals surface area contributed by atoms with E-state index in [0.29, 0.717) is 19.6 Å². The van der Waals surface area contributed by atoms with Crippen molar-refractivity contribution in [2.24, 2.45) is 0 Å². The Labute approximate surface area is 133 Å². The Kier molecular flexibility index (Phi) is 6.05. The van der Waals surface area contributed by atoms with E-state index in [1.807, 2.05) is 11.8 Å². The van der Waals surface area contributed by atoms with E-state index >= 15 is 0 Å². The molecule has 128 valence electrons. The molecule has 0 saturated carbocycles. The predicted octanol–water partition coefficient (Wildman–Crippen LogP) is 0.621. The number of carbonyl (C=O) groups is 1. The number of carbonyl (C=O) groups excluding carboxylic acids is 1. The van der Waals surface area contributed by atoms with Gasteiger partial charge in [-0.2, -0.15) is 0 Å². The van der Waals surface area contributed by atoms with Crippen LogP contribution in [-0.4, -0.2) is 74.8 Å². The summed E-state index contributed by atoms with van der Waals surface area (Å²) in [5.41, 5.74) is 0. The van der Waals surface area contributed by atoms with Gasteiger partial charge in [0.25, 0.3) is 0 Å². The fraction of sp³-hybridized carbons (Fsp3) is 0.929. The van der Waals surface area contributed by atoms with Crippen LogP contribution >= 0.6 is 0 Å². The van der Waals surface area contributed by atoms with Crippen LogP contribution in [0.15, 0.2) is 0 Å². The third-order valence-corrected chi connectivity index (χ3v) is 5.62. The van der Waals surface area contributed by atoms with E-state index in [1.54, 1.807) is 0 Å². The fourth-order valence-electron chi connectivity index (χ4n) is 3.03. The number of sulfonamides is 1. The lowest BCUT2D eigenvalue weighted by Gasteiger charge is -2.36. The summed E-state index contributed by atoms with van der Waals surface area (Å²) in [5, 5.41) is 2.81. The number of hydrogen-bond acceptors (Lipinski definition) is 4. The fourth-order valence-corrected chi connectivity index (χ4v) is 3.90. The number of nitrogens with zero attached hydrogens (tertiary/aromatic N) is 2. The zero-order valence-electron chi connectivity index (χ0n) is 13.5. The van der Waals surface area contributed by atoms with E-state index in [9.17, 15) is 13.2 Å². The minimum Gasteiger partial charge on any atom is -0.375 e. The van der Waals surface area contributed by atoms with Crippen LogP contribution in [0, 0.1) is 0 Å². The lowest BCUT2D eigenvalue weighted by molar-refractivity contribution is -0.0546. The number of ether oxygens (including phenoxy) is 1. The van der Waals surface area contributed by atoms with Crippen molar-refractivity contribution in [3.63, 3.8) is 0 Å². The zero-order valence-corrected chi connectivity index (χ0v) is 14.3. The average molecular weight is 333 g/mol. The van der Waals surface area contributed by atoms with Crippen molar-refractivity contribution in [1.82, 2.24) is 14.5 Å². The molecule has 0 unspecified atom stereocenters. The molecule has 0 aliphatic carbocycles. The van der Waals surface area contributed by atoms with Crippen molar-refractivity contribution in [1.29, 1.82) is 0 Å². The maximum Gasteiger partial charge on any atom is 0.317 e. The summed E-state index contributed by atoms with van der Waals surface area (Å²) in [6, 6.07) is 0.00223. The minimum absolute atomic E-state index is 0.00223. The number of amides is 2. The Morgan fingerprint density at radius 2 is 1.59 bits per heavy atom. The third-order valence-electron chi connectivity index (χ3n) is 4.31. The van der Waals surface area contributed by atoms with Crippen LogP contribution in [0.2, 0.25) is 0 Å². The van der Waals surface area contributed by atoms with Gasteiger partial charge in [0.2, 0.25) is 10.0 Å². The van der Waals surface area contributed by atoms with E-state index in [0.717, 1.165) is 38.8 Å². The van der Waals surface area contributed by atoms with Gasteiger partial charge in [-0.25, -0.2) is 17.5 Å². The SMILES string of the molecule is CCNC(=O)N1CCC(OC2CCN(S(C)(=O)=O)CC2)CC1.